The predicted octanol–water partition coefficient (Wildman–Crippen LogP) is 1.35. The van der Waals surface area contributed by atoms with Crippen LogP contribution in [0.1, 0.15) is 46.0 Å². The van der Waals surface area contributed by atoms with Gasteiger partial charge in [0.25, 0.3) is 0 Å². The Morgan fingerprint density at radius 3 is 2.65 bits per heavy atom. The number of carbonyl (C=O) groups is 1. The summed E-state index contributed by atoms with van der Waals surface area (Å²) in [7, 11) is -3.46. The van der Waals surface area contributed by atoms with E-state index in [2.05, 4.69) is 18.6 Å². The lowest BCUT2D eigenvalue weighted by Gasteiger charge is -2.35. The maximum absolute atomic E-state index is 11.6. The van der Waals surface area contributed by atoms with E-state index in [9.17, 15) is 13.2 Å². The third kappa shape index (κ3) is 5.50. The third-order valence-corrected chi connectivity index (χ3v) is 4.57. The van der Waals surface area contributed by atoms with Crippen molar-refractivity contribution in [2.24, 2.45) is 5.41 Å². The minimum Gasteiger partial charge on any atom is -0.481 e. The summed E-state index contributed by atoms with van der Waals surface area (Å²) < 4.78 is 25.9. The van der Waals surface area contributed by atoms with Crippen molar-refractivity contribution in [2.45, 2.75) is 52.0 Å². The van der Waals surface area contributed by atoms with Crippen molar-refractivity contribution in [3.8, 4) is 0 Å². The van der Waals surface area contributed by atoms with Crippen LogP contribution in [0, 0.1) is 5.41 Å². The normalized spacial score (nSPS) is 24.5. The summed E-state index contributed by atoms with van der Waals surface area (Å²) in [5.74, 6) is -1.42. The van der Waals surface area contributed by atoms with Crippen molar-refractivity contribution in [2.75, 3.05) is 5.75 Å². The van der Waals surface area contributed by atoms with E-state index < -0.39 is 16.0 Å². The lowest BCUT2D eigenvalue weighted by Crippen LogP contribution is -2.41. The summed E-state index contributed by atoms with van der Waals surface area (Å²) in [6.45, 7) is 4.26. The number of carboxylic acid groups (broad SMARTS) is 1. The standard InChI is InChI=1S/C11H21NO4S/c1-11(2)6-3-4-9(8-11)12-17(15,16)7-5-10(13)14/h9,12H,3-8H2,1-2H3,(H,13,14). The molecule has 6 heteroatoms. The molecular formula is C11H21NO4S. The lowest BCUT2D eigenvalue weighted by molar-refractivity contribution is -0.136. The molecule has 0 amide bonds. The van der Waals surface area contributed by atoms with Gasteiger partial charge in [-0.3, -0.25) is 4.79 Å². The molecule has 0 bridgehead atoms. The second-order valence-corrected chi connectivity index (χ2v) is 7.41. The molecule has 5 nitrogen and oxygen atoms in total. The van der Waals surface area contributed by atoms with Gasteiger partial charge in [-0.2, -0.15) is 0 Å². The summed E-state index contributed by atoms with van der Waals surface area (Å²) in [6.07, 6.45) is 3.44. The van der Waals surface area contributed by atoms with Crippen molar-refractivity contribution >= 4 is 16.0 Å². The number of nitrogens with one attached hydrogen (secondary N) is 1. The van der Waals surface area contributed by atoms with E-state index in [4.69, 9.17) is 5.11 Å². The number of hydrogen-bond donors (Lipinski definition) is 2. The first-order valence-electron chi connectivity index (χ1n) is 5.92. The molecule has 0 aromatic rings. The monoisotopic (exact) mass is 263 g/mol. The predicted molar refractivity (Wildman–Crippen MR) is 65.2 cm³/mol. The average Bonchev–Trinajstić information content (AvgIpc) is 2.12. The summed E-state index contributed by atoms with van der Waals surface area (Å²) >= 11 is 0. The second-order valence-electron chi connectivity index (χ2n) is 5.54. The highest BCUT2D eigenvalue weighted by molar-refractivity contribution is 7.89. The van der Waals surface area contributed by atoms with Crippen LogP contribution in [-0.4, -0.2) is 31.3 Å². The molecule has 1 fully saturated rings. The topological polar surface area (TPSA) is 83.5 Å². The number of hydrogen-bond acceptors (Lipinski definition) is 3. The number of carboxylic acids is 1. The number of aliphatic carboxylic acids is 1. The molecule has 0 aromatic heterocycles. The van der Waals surface area contributed by atoms with Gasteiger partial charge in [-0.1, -0.05) is 20.3 Å². The molecule has 0 radical (unpaired) electrons. The van der Waals surface area contributed by atoms with E-state index in [0.29, 0.717) is 0 Å². The van der Waals surface area contributed by atoms with E-state index in [-0.39, 0.29) is 23.6 Å². The maximum atomic E-state index is 11.6. The molecular weight excluding hydrogens is 242 g/mol. The molecule has 0 spiro atoms. The van der Waals surface area contributed by atoms with Crippen molar-refractivity contribution in [1.82, 2.24) is 4.72 Å². The Morgan fingerprint density at radius 2 is 2.12 bits per heavy atom. The van der Waals surface area contributed by atoms with Crippen LogP contribution in [-0.2, 0) is 14.8 Å². The van der Waals surface area contributed by atoms with Crippen molar-refractivity contribution in [1.29, 1.82) is 0 Å². The fourth-order valence-electron chi connectivity index (χ4n) is 2.33. The second kappa shape index (κ2) is 5.35. The smallest absolute Gasteiger partial charge is 0.304 e. The zero-order valence-corrected chi connectivity index (χ0v) is 11.2. The molecule has 17 heavy (non-hydrogen) atoms. The molecule has 1 rings (SSSR count). The van der Waals surface area contributed by atoms with Gasteiger partial charge in [0.2, 0.25) is 10.0 Å². The molecule has 0 aromatic carbocycles. The first-order valence-corrected chi connectivity index (χ1v) is 7.57. The van der Waals surface area contributed by atoms with Gasteiger partial charge in [-0.05, 0) is 24.7 Å². The summed E-state index contributed by atoms with van der Waals surface area (Å²) in [4.78, 5) is 10.3. The maximum Gasteiger partial charge on any atom is 0.304 e. The lowest BCUT2D eigenvalue weighted by atomic mass is 9.75. The zero-order valence-electron chi connectivity index (χ0n) is 10.4. The van der Waals surface area contributed by atoms with E-state index in [1.807, 2.05) is 0 Å². The van der Waals surface area contributed by atoms with Crippen LogP contribution in [0.4, 0.5) is 0 Å². The van der Waals surface area contributed by atoms with Crippen molar-refractivity contribution in [3.63, 3.8) is 0 Å². The summed E-state index contributed by atoms with van der Waals surface area (Å²) in [5.41, 5.74) is 0.165. The van der Waals surface area contributed by atoms with Gasteiger partial charge in [-0.15, -0.1) is 0 Å². The van der Waals surface area contributed by atoms with Crippen LogP contribution >= 0.6 is 0 Å². The van der Waals surface area contributed by atoms with Crippen LogP contribution < -0.4 is 4.72 Å². The van der Waals surface area contributed by atoms with Gasteiger partial charge in [0.1, 0.15) is 0 Å². The molecule has 2 N–H and O–H groups in total. The Morgan fingerprint density at radius 1 is 1.47 bits per heavy atom. The van der Waals surface area contributed by atoms with Crippen molar-refractivity contribution < 1.29 is 18.3 Å². The molecule has 1 atom stereocenters. The largest absolute Gasteiger partial charge is 0.481 e. The highest BCUT2D eigenvalue weighted by Crippen LogP contribution is 2.35. The van der Waals surface area contributed by atoms with Crippen LogP contribution in [0.5, 0.6) is 0 Å². The van der Waals surface area contributed by atoms with Crippen LogP contribution in [0.3, 0.4) is 0 Å². The minimum atomic E-state index is -3.46. The first-order chi connectivity index (χ1) is 7.70. The average molecular weight is 263 g/mol. The highest BCUT2D eigenvalue weighted by Gasteiger charge is 2.30. The number of rotatable bonds is 5. The van der Waals surface area contributed by atoms with Gasteiger partial charge in [0.15, 0.2) is 0 Å². The number of sulfonamides is 1. The van der Waals surface area contributed by atoms with E-state index in [1.54, 1.807) is 0 Å². The van der Waals surface area contributed by atoms with Gasteiger partial charge < -0.3 is 5.11 Å². The van der Waals surface area contributed by atoms with Gasteiger partial charge >= 0.3 is 5.97 Å². The van der Waals surface area contributed by atoms with E-state index in [0.717, 1.165) is 25.7 Å². The molecule has 0 heterocycles. The Kier molecular flexibility index (Phi) is 4.55. The van der Waals surface area contributed by atoms with E-state index >= 15 is 0 Å². The molecule has 1 aliphatic rings. The molecule has 0 aliphatic heterocycles. The summed E-state index contributed by atoms with van der Waals surface area (Å²) in [6, 6.07) is -0.0439. The van der Waals surface area contributed by atoms with Crippen LogP contribution in [0.15, 0.2) is 0 Å². The van der Waals surface area contributed by atoms with Gasteiger partial charge in [-0.25, -0.2) is 13.1 Å². The minimum absolute atomic E-state index is 0.0439. The van der Waals surface area contributed by atoms with Crippen LogP contribution in [0.2, 0.25) is 0 Å². The van der Waals surface area contributed by atoms with E-state index in [1.165, 1.54) is 0 Å². The van der Waals surface area contributed by atoms with Gasteiger partial charge in [0.05, 0.1) is 12.2 Å². The molecule has 1 unspecified atom stereocenters. The summed E-state index contributed by atoms with van der Waals surface area (Å²) in [5, 5.41) is 8.47. The molecule has 100 valence electrons. The molecule has 0 saturated heterocycles. The Hall–Kier alpha value is -0.620. The fourth-order valence-corrected chi connectivity index (χ4v) is 3.60. The highest BCUT2D eigenvalue weighted by atomic mass is 32.2. The SMILES string of the molecule is CC1(C)CCCC(NS(=O)(=O)CCC(=O)O)C1. The zero-order chi connectivity index (χ0) is 13.1. The Balaban J connectivity index is 2.50. The van der Waals surface area contributed by atoms with Crippen LogP contribution in [0.25, 0.3) is 0 Å². The quantitative estimate of drug-likeness (QED) is 0.784. The fraction of sp³-hybridized carbons (Fsp3) is 0.909. The first kappa shape index (κ1) is 14.4. The van der Waals surface area contributed by atoms with Crippen molar-refractivity contribution in [3.05, 3.63) is 0 Å². The molecule has 1 saturated carbocycles. The molecule has 1 aliphatic carbocycles. The third-order valence-electron chi connectivity index (χ3n) is 3.14. The Labute approximate surface area is 103 Å². The Bertz CT molecular complexity index is 375. The van der Waals surface area contributed by atoms with Gasteiger partial charge in [0, 0.05) is 6.04 Å².